The van der Waals surface area contributed by atoms with Gasteiger partial charge in [-0.05, 0) is 31.3 Å². The first-order valence-corrected chi connectivity index (χ1v) is 14.6. The number of carboxylic acids is 2. The van der Waals surface area contributed by atoms with Crippen molar-refractivity contribution in [1.29, 1.82) is 0 Å². The Morgan fingerprint density at radius 2 is 1.74 bits per heavy atom. The topological polar surface area (TPSA) is 93.1 Å². The molecule has 0 bridgehead atoms. The van der Waals surface area contributed by atoms with Gasteiger partial charge in [0.1, 0.15) is 5.75 Å². The molecule has 1 aliphatic rings. The van der Waals surface area contributed by atoms with Crippen molar-refractivity contribution >= 4 is 27.4 Å². The van der Waals surface area contributed by atoms with E-state index in [1.165, 1.54) is 18.2 Å². The van der Waals surface area contributed by atoms with Crippen molar-refractivity contribution < 1.29 is 29.0 Å². The highest BCUT2D eigenvalue weighted by molar-refractivity contribution is 7.38. The Bertz CT molecular complexity index is 641. The normalized spacial score (nSPS) is 22.3. The van der Waals surface area contributed by atoms with Crippen molar-refractivity contribution in [3.63, 3.8) is 0 Å². The first-order valence-electron chi connectivity index (χ1n) is 7.48. The quantitative estimate of drug-likeness (QED) is 0.807. The van der Waals surface area contributed by atoms with Gasteiger partial charge in [0.05, 0.1) is 18.7 Å². The molecule has 0 aliphatic carbocycles. The third kappa shape index (κ3) is 3.65. The zero-order valence-corrected chi connectivity index (χ0v) is 15.8. The summed E-state index contributed by atoms with van der Waals surface area (Å²) in [6.45, 7) is 9.06. The molecule has 6 nitrogen and oxygen atoms in total. The Labute approximate surface area is 137 Å². The van der Waals surface area contributed by atoms with Crippen molar-refractivity contribution in [1.82, 2.24) is 0 Å². The van der Waals surface area contributed by atoms with E-state index in [1.54, 1.807) is 0 Å². The molecule has 0 spiro atoms. The van der Waals surface area contributed by atoms with Crippen molar-refractivity contribution in [2.24, 2.45) is 0 Å². The molecule has 2 rings (SSSR count). The van der Waals surface area contributed by atoms with Crippen LogP contribution < -0.4 is 4.74 Å². The van der Waals surface area contributed by atoms with Crippen LogP contribution >= 0.6 is 0 Å². The van der Waals surface area contributed by atoms with Crippen molar-refractivity contribution in [2.75, 3.05) is 0 Å². The lowest BCUT2D eigenvalue weighted by molar-refractivity contribution is -0.00576. The van der Waals surface area contributed by atoms with Gasteiger partial charge in [-0.3, -0.25) is 0 Å². The summed E-state index contributed by atoms with van der Waals surface area (Å²) >= 11 is 0. The lowest BCUT2D eigenvalue weighted by atomic mass is 10.1. The average molecular weight is 355 g/mol. The summed E-state index contributed by atoms with van der Waals surface area (Å²) in [5, 5.41) is 18.2. The van der Waals surface area contributed by atoms with Gasteiger partial charge in [-0.15, -0.1) is 0 Å². The van der Waals surface area contributed by atoms with Crippen LogP contribution in [-0.2, 0) is 4.43 Å². The summed E-state index contributed by atoms with van der Waals surface area (Å²) in [7, 11) is -3.16. The number of benzene rings is 1. The maximum absolute atomic E-state index is 11.2. The van der Waals surface area contributed by atoms with E-state index in [4.69, 9.17) is 19.4 Å². The van der Waals surface area contributed by atoms with Gasteiger partial charge in [-0.25, -0.2) is 9.59 Å². The summed E-state index contributed by atoms with van der Waals surface area (Å²) in [4.78, 5) is 22.3. The molecule has 1 fully saturated rings. The Balaban J connectivity index is 2.20. The van der Waals surface area contributed by atoms with E-state index in [-0.39, 0.29) is 11.1 Å². The number of rotatable bonds is 4. The molecule has 1 aliphatic heterocycles. The summed E-state index contributed by atoms with van der Waals surface area (Å²) in [6.07, 6.45) is 0.383. The Morgan fingerprint density at radius 3 is 2.26 bits per heavy atom. The molecule has 23 heavy (non-hydrogen) atoms. The van der Waals surface area contributed by atoms with Crippen molar-refractivity contribution in [3.05, 3.63) is 29.3 Å². The zero-order valence-electron chi connectivity index (χ0n) is 13.8. The molecule has 1 aromatic carbocycles. The van der Waals surface area contributed by atoms with Gasteiger partial charge < -0.3 is 19.4 Å². The number of ether oxygens (including phenoxy) is 1. The fraction of sp³-hybridized carbons (Fsp3) is 0.467. The minimum Gasteiger partial charge on any atom is -0.478 e. The van der Waals surface area contributed by atoms with Crippen LogP contribution in [0.3, 0.4) is 0 Å². The second kappa shape index (κ2) is 6.10. The molecule has 126 valence electrons. The van der Waals surface area contributed by atoms with Crippen LogP contribution in [0.15, 0.2) is 18.2 Å². The van der Waals surface area contributed by atoms with E-state index in [9.17, 15) is 9.59 Å². The summed E-state index contributed by atoms with van der Waals surface area (Å²) in [6, 6.07) is 5.09. The minimum absolute atomic E-state index is 0.252. The van der Waals surface area contributed by atoms with E-state index in [0.717, 1.165) is 12.5 Å². The smallest absolute Gasteiger partial charge is 0.336 e. The third-order valence-electron chi connectivity index (χ3n) is 4.78. The predicted molar refractivity (Wildman–Crippen MR) is 90.2 cm³/mol. The minimum atomic E-state index is -1.80. The molecule has 0 amide bonds. The van der Waals surface area contributed by atoms with Crippen LogP contribution in [0.2, 0.25) is 32.2 Å². The standard InChI is InChI=1S/C15H22O6Si2/c1-22(2)8-7-13(21-23(22,3)4)20-10-5-6-11(14(16)17)12(9-10)15(18)19/h5-6,9,13H,7-8H2,1-4H3,(H,16,17)(H,18,19). The van der Waals surface area contributed by atoms with Crippen molar-refractivity contribution in [2.45, 2.75) is 44.9 Å². The highest BCUT2D eigenvalue weighted by Gasteiger charge is 2.48. The lowest BCUT2D eigenvalue weighted by Crippen LogP contribution is -2.62. The number of aromatic carboxylic acids is 2. The zero-order chi connectivity index (χ0) is 17.4. The van der Waals surface area contributed by atoms with Crippen LogP contribution in [0, 0.1) is 0 Å². The molecule has 1 unspecified atom stereocenters. The Morgan fingerprint density at radius 1 is 1.13 bits per heavy atom. The van der Waals surface area contributed by atoms with Crippen LogP contribution in [0.5, 0.6) is 5.75 Å². The molecule has 1 aromatic rings. The van der Waals surface area contributed by atoms with Gasteiger partial charge >= 0.3 is 11.9 Å². The van der Waals surface area contributed by atoms with Crippen LogP contribution in [0.1, 0.15) is 27.1 Å². The molecule has 8 heteroatoms. The van der Waals surface area contributed by atoms with E-state index < -0.39 is 33.7 Å². The average Bonchev–Trinajstić information content (AvgIpc) is 2.42. The maximum Gasteiger partial charge on any atom is 0.336 e. The Hall–Kier alpha value is -1.65. The number of carbonyl (C=O) groups is 2. The second-order valence-electron chi connectivity index (χ2n) is 6.92. The molecule has 1 atom stereocenters. The molecular weight excluding hydrogens is 332 g/mol. The van der Waals surface area contributed by atoms with Gasteiger partial charge in [-0.2, -0.15) is 0 Å². The SMILES string of the molecule is C[Si]1(C)CCC(Oc2ccc(C(=O)O)c(C(=O)O)c2)O[Si]1(C)C. The van der Waals surface area contributed by atoms with Gasteiger partial charge in [-0.1, -0.05) is 19.1 Å². The maximum atomic E-state index is 11.2. The molecular formula is C15H22O6Si2. The molecule has 1 heterocycles. The Kier molecular flexibility index (Phi) is 4.70. The fourth-order valence-electron chi connectivity index (χ4n) is 2.52. The fourth-order valence-corrected chi connectivity index (χ4v) is 8.81. The number of hydrogen-bond donors (Lipinski definition) is 2. The molecule has 0 saturated carbocycles. The highest BCUT2D eigenvalue weighted by atomic mass is 29.3. The van der Waals surface area contributed by atoms with Gasteiger partial charge in [0, 0.05) is 6.42 Å². The summed E-state index contributed by atoms with van der Waals surface area (Å²) in [5.74, 6) is -2.24. The van der Waals surface area contributed by atoms with E-state index >= 15 is 0 Å². The largest absolute Gasteiger partial charge is 0.478 e. The summed E-state index contributed by atoms with van der Waals surface area (Å²) < 4.78 is 12.0. The van der Waals surface area contributed by atoms with Gasteiger partial charge in [0.25, 0.3) is 0 Å². The van der Waals surface area contributed by atoms with Crippen LogP contribution in [-0.4, -0.2) is 43.9 Å². The monoisotopic (exact) mass is 354 g/mol. The second-order valence-corrected chi connectivity index (χ2v) is 22.1. The number of hydrogen-bond acceptors (Lipinski definition) is 4. The first kappa shape index (κ1) is 17.7. The van der Waals surface area contributed by atoms with E-state index in [2.05, 4.69) is 26.2 Å². The number of carboxylic acid groups (broad SMARTS) is 2. The highest BCUT2D eigenvalue weighted by Crippen LogP contribution is 2.34. The van der Waals surface area contributed by atoms with Crippen LogP contribution in [0.4, 0.5) is 0 Å². The van der Waals surface area contributed by atoms with Gasteiger partial charge in [0.2, 0.25) is 0 Å². The third-order valence-corrected chi connectivity index (χ3v) is 21.3. The summed E-state index contributed by atoms with van der Waals surface area (Å²) in [5.41, 5.74) is -0.533. The lowest BCUT2D eigenvalue weighted by Gasteiger charge is -2.45. The van der Waals surface area contributed by atoms with Gasteiger partial charge in [0.15, 0.2) is 14.1 Å². The predicted octanol–water partition coefficient (Wildman–Crippen LogP) is 3.20. The van der Waals surface area contributed by atoms with Crippen LogP contribution in [0.25, 0.3) is 0 Å². The molecule has 0 radical (unpaired) electrons. The molecule has 0 aromatic heterocycles. The van der Waals surface area contributed by atoms with E-state index in [0.29, 0.717) is 5.75 Å². The molecule has 2 N–H and O–H groups in total. The molecule has 1 saturated heterocycles. The van der Waals surface area contributed by atoms with Crippen molar-refractivity contribution in [3.8, 4) is 5.75 Å². The van der Waals surface area contributed by atoms with E-state index in [1.807, 2.05) is 0 Å². The first-order chi connectivity index (χ1) is 10.5.